The number of nitrogen functional groups attached to an aromatic ring is 1. The van der Waals surface area contributed by atoms with Crippen LogP contribution in [0.25, 0.3) is 0 Å². The largest absolute Gasteiger partial charge is 0.496 e. The van der Waals surface area contributed by atoms with Gasteiger partial charge >= 0.3 is 0 Å². The van der Waals surface area contributed by atoms with Gasteiger partial charge in [-0.3, -0.25) is 4.72 Å². The van der Waals surface area contributed by atoms with Crippen molar-refractivity contribution in [3.8, 4) is 11.8 Å². The topological polar surface area (TPSA) is 105 Å². The van der Waals surface area contributed by atoms with Crippen molar-refractivity contribution in [2.45, 2.75) is 25.7 Å². The van der Waals surface area contributed by atoms with Crippen LogP contribution < -0.4 is 15.2 Å². The standard InChI is InChI=1S/C13H19N3O3S/c1-4-9(7-8-14)12-11(19-2)6-5-10(13(12)15)16-20(3,17)18/h5-6,9,16H,4,7,15H2,1-3H3. The van der Waals surface area contributed by atoms with E-state index < -0.39 is 10.0 Å². The first-order valence-corrected chi connectivity index (χ1v) is 8.04. The van der Waals surface area contributed by atoms with Crippen LogP contribution in [0.1, 0.15) is 31.2 Å². The molecule has 6 nitrogen and oxygen atoms in total. The summed E-state index contributed by atoms with van der Waals surface area (Å²) in [5, 5.41) is 8.90. The Morgan fingerprint density at radius 3 is 2.60 bits per heavy atom. The van der Waals surface area contributed by atoms with E-state index >= 15 is 0 Å². The molecule has 3 N–H and O–H groups in total. The van der Waals surface area contributed by atoms with Crippen molar-refractivity contribution in [3.63, 3.8) is 0 Å². The highest BCUT2D eigenvalue weighted by molar-refractivity contribution is 7.92. The van der Waals surface area contributed by atoms with Crippen molar-refractivity contribution >= 4 is 21.4 Å². The quantitative estimate of drug-likeness (QED) is 0.782. The number of nitrogens with zero attached hydrogens (tertiary/aromatic N) is 1. The molecule has 1 atom stereocenters. The summed E-state index contributed by atoms with van der Waals surface area (Å²) in [6, 6.07) is 5.32. The molecule has 0 fully saturated rings. The predicted molar refractivity (Wildman–Crippen MR) is 79.1 cm³/mol. The molecule has 0 heterocycles. The van der Waals surface area contributed by atoms with E-state index in [1.165, 1.54) is 7.11 Å². The molecule has 0 saturated heterocycles. The number of hydrogen-bond donors (Lipinski definition) is 2. The molecule has 0 aliphatic rings. The van der Waals surface area contributed by atoms with E-state index in [1.54, 1.807) is 12.1 Å². The lowest BCUT2D eigenvalue weighted by molar-refractivity contribution is 0.405. The summed E-state index contributed by atoms with van der Waals surface area (Å²) in [5.74, 6) is 0.458. The number of rotatable bonds is 6. The smallest absolute Gasteiger partial charge is 0.229 e. The maximum Gasteiger partial charge on any atom is 0.229 e. The van der Waals surface area contributed by atoms with Crippen LogP contribution in [0.4, 0.5) is 11.4 Å². The first-order chi connectivity index (χ1) is 9.34. The highest BCUT2D eigenvalue weighted by Crippen LogP contribution is 2.39. The molecule has 0 aliphatic carbocycles. The van der Waals surface area contributed by atoms with Gasteiger partial charge in [-0.25, -0.2) is 8.42 Å². The second-order valence-electron chi connectivity index (χ2n) is 4.48. The SMILES string of the molecule is CCC(CC#N)c1c(OC)ccc(NS(C)(=O)=O)c1N. The third kappa shape index (κ3) is 3.78. The molecule has 7 heteroatoms. The summed E-state index contributed by atoms with van der Waals surface area (Å²) in [4.78, 5) is 0. The van der Waals surface area contributed by atoms with Gasteiger partial charge in [0.05, 0.1) is 30.8 Å². The molecule has 1 aromatic carbocycles. The number of ether oxygens (including phenoxy) is 1. The van der Waals surface area contributed by atoms with Crippen LogP contribution in [0, 0.1) is 11.3 Å². The molecule has 0 bridgehead atoms. The minimum Gasteiger partial charge on any atom is -0.496 e. The van der Waals surface area contributed by atoms with E-state index in [9.17, 15) is 8.42 Å². The molecule has 1 aromatic rings. The number of benzene rings is 1. The van der Waals surface area contributed by atoms with Crippen molar-refractivity contribution in [2.24, 2.45) is 0 Å². The Morgan fingerprint density at radius 1 is 1.50 bits per heavy atom. The van der Waals surface area contributed by atoms with Gasteiger partial charge in [0.1, 0.15) is 5.75 Å². The average molecular weight is 297 g/mol. The molecule has 110 valence electrons. The van der Waals surface area contributed by atoms with Gasteiger partial charge in [0.2, 0.25) is 10.0 Å². The summed E-state index contributed by atoms with van der Waals surface area (Å²) < 4.78 is 30.3. The number of hydrogen-bond acceptors (Lipinski definition) is 5. The number of nitrogens with two attached hydrogens (primary N) is 1. The van der Waals surface area contributed by atoms with Gasteiger partial charge in [-0.05, 0) is 18.6 Å². The predicted octanol–water partition coefficient (Wildman–Crippen LogP) is 2.06. The Hall–Kier alpha value is -1.94. The van der Waals surface area contributed by atoms with E-state index in [0.717, 1.165) is 6.26 Å². The Bertz CT molecular complexity index is 620. The first kappa shape index (κ1) is 16.1. The normalized spacial score (nSPS) is 12.5. The lowest BCUT2D eigenvalue weighted by Crippen LogP contribution is -2.13. The fraction of sp³-hybridized carbons (Fsp3) is 0.462. The van der Waals surface area contributed by atoms with Gasteiger partial charge in [-0.1, -0.05) is 6.92 Å². The fourth-order valence-electron chi connectivity index (χ4n) is 2.06. The number of nitriles is 1. The molecule has 0 aromatic heterocycles. The summed E-state index contributed by atoms with van der Waals surface area (Å²) >= 11 is 0. The molecule has 0 spiro atoms. The third-order valence-corrected chi connectivity index (χ3v) is 3.59. The summed E-state index contributed by atoms with van der Waals surface area (Å²) in [6.07, 6.45) is 2.05. The fourth-order valence-corrected chi connectivity index (χ4v) is 2.64. The van der Waals surface area contributed by atoms with Crippen LogP contribution in [-0.2, 0) is 10.0 Å². The lowest BCUT2D eigenvalue weighted by atomic mass is 9.91. The third-order valence-electron chi connectivity index (χ3n) is 3.00. The minimum absolute atomic E-state index is 0.101. The molecule has 20 heavy (non-hydrogen) atoms. The zero-order chi connectivity index (χ0) is 15.3. The van der Waals surface area contributed by atoms with Crippen LogP contribution >= 0.6 is 0 Å². The number of nitrogens with one attached hydrogen (secondary N) is 1. The Balaban J connectivity index is 3.39. The second kappa shape index (κ2) is 6.48. The summed E-state index contributed by atoms with van der Waals surface area (Å²) in [7, 11) is -1.90. The Morgan fingerprint density at radius 2 is 2.15 bits per heavy atom. The van der Waals surface area contributed by atoms with Crippen LogP contribution in [0.2, 0.25) is 0 Å². The van der Waals surface area contributed by atoms with Gasteiger partial charge in [0.25, 0.3) is 0 Å². The molecule has 0 saturated carbocycles. The van der Waals surface area contributed by atoms with Crippen molar-refractivity contribution in [1.82, 2.24) is 0 Å². The van der Waals surface area contributed by atoms with Crippen molar-refractivity contribution in [3.05, 3.63) is 17.7 Å². The maximum atomic E-state index is 11.3. The molecular weight excluding hydrogens is 278 g/mol. The first-order valence-electron chi connectivity index (χ1n) is 6.15. The molecule has 0 amide bonds. The highest BCUT2D eigenvalue weighted by atomic mass is 32.2. The van der Waals surface area contributed by atoms with Gasteiger partial charge in [-0.2, -0.15) is 5.26 Å². The highest BCUT2D eigenvalue weighted by Gasteiger charge is 2.21. The maximum absolute atomic E-state index is 11.3. The monoisotopic (exact) mass is 297 g/mol. The van der Waals surface area contributed by atoms with Gasteiger partial charge < -0.3 is 10.5 Å². The number of anilines is 2. The van der Waals surface area contributed by atoms with Crippen LogP contribution in [0.3, 0.4) is 0 Å². The molecular formula is C13H19N3O3S. The minimum atomic E-state index is -3.42. The Labute approximate surface area is 119 Å². The zero-order valence-electron chi connectivity index (χ0n) is 11.8. The van der Waals surface area contributed by atoms with Crippen molar-refractivity contribution in [2.75, 3.05) is 23.8 Å². The molecule has 1 rings (SSSR count). The van der Waals surface area contributed by atoms with Crippen molar-refractivity contribution < 1.29 is 13.2 Å². The van der Waals surface area contributed by atoms with Crippen molar-refractivity contribution in [1.29, 1.82) is 5.26 Å². The van der Waals surface area contributed by atoms with Crippen LogP contribution in [0.15, 0.2) is 12.1 Å². The molecule has 0 radical (unpaired) electrons. The molecule has 1 unspecified atom stereocenters. The van der Waals surface area contributed by atoms with Gasteiger partial charge in [-0.15, -0.1) is 0 Å². The number of sulfonamides is 1. The van der Waals surface area contributed by atoms with E-state index in [-0.39, 0.29) is 5.92 Å². The van der Waals surface area contributed by atoms with Crippen LogP contribution in [0.5, 0.6) is 5.75 Å². The second-order valence-corrected chi connectivity index (χ2v) is 6.23. The summed E-state index contributed by atoms with van der Waals surface area (Å²) in [5.41, 5.74) is 7.34. The van der Waals surface area contributed by atoms with E-state index in [1.807, 2.05) is 6.92 Å². The van der Waals surface area contributed by atoms with Crippen LogP contribution in [-0.4, -0.2) is 21.8 Å². The van der Waals surface area contributed by atoms with E-state index in [0.29, 0.717) is 35.5 Å². The van der Waals surface area contributed by atoms with E-state index in [2.05, 4.69) is 10.8 Å². The van der Waals surface area contributed by atoms with Gasteiger partial charge in [0, 0.05) is 17.9 Å². The lowest BCUT2D eigenvalue weighted by Gasteiger charge is -2.20. The molecule has 0 aliphatic heterocycles. The Kier molecular flexibility index (Phi) is 5.22. The average Bonchev–Trinajstić information content (AvgIpc) is 2.37. The number of methoxy groups -OCH3 is 1. The summed E-state index contributed by atoms with van der Waals surface area (Å²) in [6.45, 7) is 1.94. The van der Waals surface area contributed by atoms with E-state index in [4.69, 9.17) is 15.7 Å². The van der Waals surface area contributed by atoms with Gasteiger partial charge in [0.15, 0.2) is 0 Å². The zero-order valence-corrected chi connectivity index (χ0v) is 12.6.